The van der Waals surface area contributed by atoms with E-state index in [0.717, 1.165) is 11.1 Å². The minimum Gasteiger partial charge on any atom is -0.478 e. The second-order valence-corrected chi connectivity index (χ2v) is 4.43. The predicted molar refractivity (Wildman–Crippen MR) is 69.6 cm³/mol. The van der Waals surface area contributed by atoms with E-state index < -0.39 is 17.8 Å². The van der Waals surface area contributed by atoms with Crippen LogP contribution in [0, 0.1) is 0 Å². The van der Waals surface area contributed by atoms with Crippen LogP contribution in [0.1, 0.15) is 36.8 Å². The Morgan fingerprint density at radius 3 is 2.33 bits per heavy atom. The van der Waals surface area contributed by atoms with Gasteiger partial charge in [-0.15, -0.1) is 0 Å². The summed E-state index contributed by atoms with van der Waals surface area (Å²) in [6.07, 6.45) is 2.32. The molecule has 0 fully saturated rings. The van der Waals surface area contributed by atoms with Crippen LogP contribution in [0.3, 0.4) is 0 Å². The summed E-state index contributed by atoms with van der Waals surface area (Å²) in [5.41, 5.74) is 0.614. The third kappa shape index (κ3) is 2.04. The van der Waals surface area contributed by atoms with E-state index in [1.165, 1.54) is 6.33 Å². The van der Waals surface area contributed by atoms with E-state index in [4.69, 9.17) is 5.11 Å². The second-order valence-electron chi connectivity index (χ2n) is 4.43. The molecule has 0 aliphatic carbocycles. The van der Waals surface area contributed by atoms with Crippen LogP contribution in [0.5, 0.6) is 0 Å². The van der Waals surface area contributed by atoms with Crippen molar-refractivity contribution >= 4 is 17.8 Å². The number of carbonyl (C=O) groups is 3. The van der Waals surface area contributed by atoms with E-state index >= 15 is 0 Å². The molecule has 2 amide bonds. The van der Waals surface area contributed by atoms with Gasteiger partial charge in [0, 0.05) is 6.20 Å². The quantitative estimate of drug-likeness (QED) is 0.842. The highest BCUT2D eigenvalue weighted by Gasteiger charge is 2.35. The molecule has 0 bridgehead atoms. The van der Waals surface area contributed by atoms with E-state index in [-0.39, 0.29) is 17.8 Å². The maximum Gasteiger partial charge on any atom is 0.339 e. The predicted octanol–water partition coefficient (Wildman–Crippen LogP) is 0.971. The summed E-state index contributed by atoms with van der Waals surface area (Å²) in [7, 11) is 0. The summed E-state index contributed by atoms with van der Waals surface area (Å²) < 4.78 is 0. The van der Waals surface area contributed by atoms with Crippen molar-refractivity contribution in [2.24, 2.45) is 0 Å². The largest absolute Gasteiger partial charge is 0.478 e. The second kappa shape index (κ2) is 4.78. The third-order valence-corrected chi connectivity index (χ3v) is 3.21. The van der Waals surface area contributed by atoms with E-state index in [1.807, 2.05) is 0 Å². The number of hydrogen-bond acceptors (Lipinski definition) is 5. The smallest absolute Gasteiger partial charge is 0.339 e. The lowest BCUT2D eigenvalue weighted by molar-refractivity contribution is 0.0625. The van der Waals surface area contributed by atoms with E-state index in [9.17, 15) is 14.4 Å². The van der Waals surface area contributed by atoms with Crippen LogP contribution in [-0.4, -0.2) is 37.8 Å². The lowest BCUT2D eigenvalue weighted by atomic mass is 10.1. The number of imide groups is 1. The van der Waals surface area contributed by atoms with Gasteiger partial charge >= 0.3 is 5.97 Å². The first-order valence-corrected chi connectivity index (χ1v) is 6.07. The molecular formula is C14H9N3O4. The van der Waals surface area contributed by atoms with Gasteiger partial charge in [-0.3, -0.25) is 14.5 Å². The van der Waals surface area contributed by atoms with Gasteiger partial charge in [0.05, 0.1) is 23.4 Å². The first kappa shape index (κ1) is 12.9. The molecule has 1 N–H and O–H groups in total. The zero-order valence-corrected chi connectivity index (χ0v) is 10.7. The molecule has 104 valence electrons. The fourth-order valence-electron chi connectivity index (χ4n) is 2.19. The lowest BCUT2D eigenvalue weighted by Gasteiger charge is -2.14. The summed E-state index contributed by atoms with van der Waals surface area (Å²) in [5.74, 6) is -2.11. The van der Waals surface area contributed by atoms with Gasteiger partial charge in [0.25, 0.3) is 11.8 Å². The maximum atomic E-state index is 12.2. The van der Waals surface area contributed by atoms with Crippen LogP contribution in [0.15, 0.2) is 36.8 Å². The van der Waals surface area contributed by atoms with Crippen LogP contribution in [-0.2, 0) is 6.54 Å². The van der Waals surface area contributed by atoms with E-state index in [1.54, 1.807) is 24.3 Å². The van der Waals surface area contributed by atoms with Gasteiger partial charge in [-0.05, 0) is 12.1 Å². The number of carboxylic acids is 1. The Morgan fingerprint density at radius 1 is 1.14 bits per heavy atom. The number of carboxylic acid groups (broad SMARTS) is 1. The molecule has 0 radical (unpaired) electrons. The van der Waals surface area contributed by atoms with Crippen molar-refractivity contribution in [2.45, 2.75) is 6.54 Å². The molecule has 7 nitrogen and oxygen atoms in total. The Labute approximate surface area is 118 Å². The van der Waals surface area contributed by atoms with Crippen molar-refractivity contribution in [3.63, 3.8) is 0 Å². The Morgan fingerprint density at radius 2 is 1.76 bits per heavy atom. The summed E-state index contributed by atoms with van der Waals surface area (Å²) in [4.78, 5) is 44.0. The van der Waals surface area contributed by atoms with Crippen molar-refractivity contribution in [1.82, 2.24) is 14.9 Å². The average Bonchev–Trinajstić information content (AvgIpc) is 2.73. The van der Waals surface area contributed by atoms with Crippen LogP contribution in [0.25, 0.3) is 0 Å². The number of carbonyl (C=O) groups excluding carboxylic acids is 2. The van der Waals surface area contributed by atoms with Gasteiger partial charge in [0.1, 0.15) is 11.9 Å². The standard InChI is InChI=1S/C14H9N3O4/c18-12-8-3-1-2-4-9(8)13(19)17(12)6-11-10(14(20)21)5-15-7-16-11/h1-5,7H,6H2,(H,20,21). The highest BCUT2D eigenvalue weighted by atomic mass is 16.4. The summed E-state index contributed by atoms with van der Waals surface area (Å²) in [6.45, 7) is -0.198. The first-order chi connectivity index (χ1) is 10.1. The van der Waals surface area contributed by atoms with Crippen LogP contribution >= 0.6 is 0 Å². The van der Waals surface area contributed by atoms with E-state index in [2.05, 4.69) is 9.97 Å². The molecule has 7 heteroatoms. The highest BCUT2D eigenvalue weighted by Crippen LogP contribution is 2.24. The molecule has 2 heterocycles. The Bertz CT molecular complexity index is 737. The van der Waals surface area contributed by atoms with Gasteiger partial charge in [0.2, 0.25) is 0 Å². The molecule has 21 heavy (non-hydrogen) atoms. The van der Waals surface area contributed by atoms with Gasteiger partial charge in [-0.25, -0.2) is 14.8 Å². The third-order valence-electron chi connectivity index (χ3n) is 3.21. The topological polar surface area (TPSA) is 100 Å². The van der Waals surface area contributed by atoms with Gasteiger partial charge in [0.15, 0.2) is 0 Å². The number of aromatic carboxylic acids is 1. The zero-order chi connectivity index (χ0) is 15.0. The SMILES string of the molecule is O=C(O)c1cncnc1CN1C(=O)c2ccccc2C1=O. The van der Waals surface area contributed by atoms with E-state index in [0.29, 0.717) is 11.1 Å². The Balaban J connectivity index is 1.96. The molecule has 1 aromatic heterocycles. The fourth-order valence-corrected chi connectivity index (χ4v) is 2.19. The molecule has 0 saturated heterocycles. The first-order valence-electron chi connectivity index (χ1n) is 6.07. The number of fused-ring (bicyclic) bond motifs is 1. The van der Waals surface area contributed by atoms with Crippen LogP contribution < -0.4 is 0 Å². The number of nitrogens with zero attached hydrogens (tertiary/aromatic N) is 3. The van der Waals surface area contributed by atoms with Crippen molar-refractivity contribution < 1.29 is 19.5 Å². The molecule has 1 aliphatic heterocycles. The van der Waals surface area contributed by atoms with Crippen molar-refractivity contribution in [1.29, 1.82) is 0 Å². The number of rotatable bonds is 3. The molecular weight excluding hydrogens is 274 g/mol. The average molecular weight is 283 g/mol. The van der Waals surface area contributed by atoms with Gasteiger partial charge in [-0.1, -0.05) is 12.1 Å². The van der Waals surface area contributed by atoms with Crippen molar-refractivity contribution in [3.05, 3.63) is 59.2 Å². The van der Waals surface area contributed by atoms with Crippen LogP contribution in [0.4, 0.5) is 0 Å². The minimum absolute atomic E-state index is 0.118. The van der Waals surface area contributed by atoms with Gasteiger partial charge < -0.3 is 5.11 Å². The Kier molecular flexibility index (Phi) is 2.94. The summed E-state index contributed by atoms with van der Waals surface area (Å²) >= 11 is 0. The zero-order valence-electron chi connectivity index (χ0n) is 10.7. The highest BCUT2D eigenvalue weighted by molar-refractivity contribution is 6.21. The van der Waals surface area contributed by atoms with Crippen molar-refractivity contribution in [2.75, 3.05) is 0 Å². The monoisotopic (exact) mass is 283 g/mol. The van der Waals surface area contributed by atoms with Crippen molar-refractivity contribution in [3.8, 4) is 0 Å². The normalized spacial score (nSPS) is 13.4. The fraction of sp³-hybridized carbons (Fsp3) is 0.0714. The molecule has 1 aliphatic rings. The molecule has 0 spiro atoms. The molecule has 0 atom stereocenters. The number of hydrogen-bond donors (Lipinski definition) is 1. The van der Waals surface area contributed by atoms with Gasteiger partial charge in [-0.2, -0.15) is 0 Å². The molecule has 3 rings (SSSR count). The Hall–Kier alpha value is -3.09. The van der Waals surface area contributed by atoms with Crippen LogP contribution in [0.2, 0.25) is 0 Å². The maximum absolute atomic E-state index is 12.2. The molecule has 0 saturated carbocycles. The molecule has 0 unspecified atom stereocenters. The lowest BCUT2D eigenvalue weighted by Crippen LogP contribution is -2.30. The number of amides is 2. The molecule has 2 aromatic rings. The molecule has 1 aromatic carbocycles. The number of aromatic nitrogens is 2. The summed E-state index contributed by atoms with van der Waals surface area (Å²) in [6, 6.07) is 6.46. The minimum atomic E-state index is -1.21. The summed E-state index contributed by atoms with van der Waals surface area (Å²) in [5, 5.41) is 9.08. The number of benzene rings is 1.